The van der Waals surface area contributed by atoms with Crippen molar-refractivity contribution in [3.63, 3.8) is 0 Å². The molecule has 19 heavy (non-hydrogen) atoms. The molecule has 0 aliphatic rings. The van der Waals surface area contributed by atoms with Crippen LogP contribution in [-0.2, 0) is 4.74 Å². The van der Waals surface area contributed by atoms with Gasteiger partial charge in [-0.05, 0) is 31.0 Å². The Bertz CT molecular complexity index is 399. The predicted octanol–water partition coefficient (Wildman–Crippen LogP) is 4.27. The highest BCUT2D eigenvalue weighted by Crippen LogP contribution is 2.30. The van der Waals surface area contributed by atoms with Crippen LogP contribution >= 0.6 is 0 Å². The number of benzene rings is 1. The SMILES string of the molecule is C=C(C)c1ccc(OCOC)c(OCCCCC)c1. The molecule has 0 amide bonds. The summed E-state index contributed by atoms with van der Waals surface area (Å²) in [6.45, 7) is 9.03. The molecule has 1 rings (SSSR count). The van der Waals surface area contributed by atoms with E-state index in [0.717, 1.165) is 23.3 Å². The average Bonchev–Trinajstić information content (AvgIpc) is 2.41. The molecule has 3 nitrogen and oxygen atoms in total. The minimum absolute atomic E-state index is 0.220. The minimum atomic E-state index is 0.220. The van der Waals surface area contributed by atoms with Crippen LogP contribution in [0.4, 0.5) is 0 Å². The Kier molecular flexibility index (Phi) is 7.04. The summed E-state index contributed by atoms with van der Waals surface area (Å²) in [6.07, 6.45) is 3.41. The summed E-state index contributed by atoms with van der Waals surface area (Å²) in [5.74, 6) is 1.47. The normalized spacial score (nSPS) is 10.3. The molecule has 0 fully saturated rings. The van der Waals surface area contributed by atoms with Crippen molar-refractivity contribution in [3.05, 3.63) is 30.3 Å². The zero-order valence-corrected chi connectivity index (χ0v) is 12.2. The lowest BCUT2D eigenvalue weighted by Gasteiger charge is -2.13. The second-order valence-corrected chi connectivity index (χ2v) is 4.55. The number of allylic oxidation sites excluding steroid dienone is 1. The van der Waals surface area contributed by atoms with Crippen LogP contribution in [0.3, 0.4) is 0 Å². The van der Waals surface area contributed by atoms with Gasteiger partial charge in [0, 0.05) is 7.11 Å². The summed E-state index contributed by atoms with van der Waals surface area (Å²) in [5.41, 5.74) is 2.08. The van der Waals surface area contributed by atoms with E-state index in [4.69, 9.17) is 14.2 Å². The second-order valence-electron chi connectivity index (χ2n) is 4.55. The number of hydrogen-bond acceptors (Lipinski definition) is 3. The Morgan fingerprint density at radius 2 is 1.95 bits per heavy atom. The van der Waals surface area contributed by atoms with Crippen molar-refractivity contribution < 1.29 is 14.2 Å². The first-order valence-electron chi connectivity index (χ1n) is 6.73. The molecule has 0 aliphatic carbocycles. The average molecular weight is 264 g/mol. The van der Waals surface area contributed by atoms with Gasteiger partial charge in [0.05, 0.1) is 6.61 Å². The van der Waals surface area contributed by atoms with Crippen LogP contribution in [0.15, 0.2) is 24.8 Å². The molecule has 3 heteroatoms. The van der Waals surface area contributed by atoms with E-state index in [0.29, 0.717) is 12.4 Å². The highest BCUT2D eigenvalue weighted by molar-refractivity contribution is 5.64. The van der Waals surface area contributed by atoms with Crippen molar-refractivity contribution in [2.24, 2.45) is 0 Å². The fourth-order valence-electron chi connectivity index (χ4n) is 1.66. The van der Waals surface area contributed by atoms with Crippen molar-refractivity contribution in [2.75, 3.05) is 20.5 Å². The van der Waals surface area contributed by atoms with Crippen LogP contribution in [0.1, 0.15) is 38.7 Å². The van der Waals surface area contributed by atoms with Gasteiger partial charge < -0.3 is 14.2 Å². The lowest BCUT2D eigenvalue weighted by Crippen LogP contribution is -2.03. The molecule has 0 spiro atoms. The van der Waals surface area contributed by atoms with Gasteiger partial charge in [0.2, 0.25) is 0 Å². The molecular weight excluding hydrogens is 240 g/mol. The molecule has 1 aromatic carbocycles. The minimum Gasteiger partial charge on any atom is -0.490 e. The van der Waals surface area contributed by atoms with Gasteiger partial charge in [-0.15, -0.1) is 0 Å². The van der Waals surface area contributed by atoms with Gasteiger partial charge in [-0.25, -0.2) is 0 Å². The molecule has 0 radical (unpaired) electrons. The van der Waals surface area contributed by atoms with Gasteiger partial charge in [-0.3, -0.25) is 0 Å². The fourth-order valence-corrected chi connectivity index (χ4v) is 1.66. The van der Waals surface area contributed by atoms with E-state index < -0.39 is 0 Å². The van der Waals surface area contributed by atoms with E-state index in [1.807, 2.05) is 25.1 Å². The van der Waals surface area contributed by atoms with Crippen LogP contribution < -0.4 is 9.47 Å². The quantitative estimate of drug-likeness (QED) is 0.492. The van der Waals surface area contributed by atoms with Gasteiger partial charge in [-0.1, -0.05) is 38.0 Å². The van der Waals surface area contributed by atoms with Gasteiger partial charge in [0.25, 0.3) is 0 Å². The Morgan fingerprint density at radius 3 is 2.58 bits per heavy atom. The Hall–Kier alpha value is -1.48. The Labute approximate surface area is 116 Å². The molecule has 0 atom stereocenters. The van der Waals surface area contributed by atoms with E-state index in [1.54, 1.807) is 7.11 Å². The second kappa shape index (κ2) is 8.59. The first-order valence-corrected chi connectivity index (χ1v) is 6.73. The number of unbranched alkanes of at least 4 members (excludes halogenated alkanes) is 2. The van der Waals surface area contributed by atoms with Crippen molar-refractivity contribution in [2.45, 2.75) is 33.1 Å². The predicted molar refractivity (Wildman–Crippen MR) is 78.7 cm³/mol. The van der Waals surface area contributed by atoms with Crippen molar-refractivity contribution in [1.29, 1.82) is 0 Å². The zero-order valence-electron chi connectivity index (χ0n) is 12.2. The largest absolute Gasteiger partial charge is 0.490 e. The summed E-state index contributed by atoms with van der Waals surface area (Å²) in [4.78, 5) is 0. The maximum absolute atomic E-state index is 5.81. The molecule has 0 saturated carbocycles. The molecule has 0 heterocycles. The summed E-state index contributed by atoms with van der Waals surface area (Å²) in [5, 5.41) is 0. The standard InChI is InChI=1S/C16H24O3/c1-5-6-7-10-18-16-11-14(13(2)3)8-9-15(16)19-12-17-4/h8-9,11H,2,5-7,10,12H2,1,3-4H3. The third-order valence-corrected chi connectivity index (χ3v) is 2.77. The Balaban J connectivity index is 2.75. The van der Waals surface area contributed by atoms with E-state index in [9.17, 15) is 0 Å². The van der Waals surface area contributed by atoms with Gasteiger partial charge in [0.1, 0.15) is 0 Å². The lowest BCUT2D eigenvalue weighted by molar-refractivity contribution is 0.0485. The van der Waals surface area contributed by atoms with E-state index >= 15 is 0 Å². The maximum Gasteiger partial charge on any atom is 0.188 e. The smallest absolute Gasteiger partial charge is 0.188 e. The van der Waals surface area contributed by atoms with Crippen molar-refractivity contribution in [3.8, 4) is 11.5 Å². The molecule has 106 valence electrons. The number of methoxy groups -OCH3 is 1. The van der Waals surface area contributed by atoms with Crippen molar-refractivity contribution >= 4 is 5.57 Å². The Morgan fingerprint density at radius 1 is 1.16 bits per heavy atom. The van der Waals surface area contributed by atoms with Crippen LogP contribution in [0, 0.1) is 0 Å². The summed E-state index contributed by atoms with van der Waals surface area (Å²) < 4.78 is 16.2. The van der Waals surface area contributed by atoms with Crippen LogP contribution in [0.5, 0.6) is 11.5 Å². The monoisotopic (exact) mass is 264 g/mol. The highest BCUT2D eigenvalue weighted by Gasteiger charge is 2.07. The summed E-state index contributed by atoms with van der Waals surface area (Å²) >= 11 is 0. The molecule has 0 saturated heterocycles. The molecule has 0 bridgehead atoms. The van der Waals surface area contributed by atoms with Crippen LogP contribution in [0.25, 0.3) is 5.57 Å². The van der Waals surface area contributed by atoms with Crippen LogP contribution in [-0.4, -0.2) is 20.5 Å². The summed E-state index contributed by atoms with van der Waals surface area (Å²) in [7, 11) is 1.60. The van der Waals surface area contributed by atoms with Gasteiger partial charge >= 0.3 is 0 Å². The van der Waals surface area contributed by atoms with Gasteiger partial charge in [0.15, 0.2) is 18.3 Å². The first-order chi connectivity index (χ1) is 9.19. The number of ether oxygens (including phenoxy) is 3. The molecular formula is C16H24O3. The zero-order chi connectivity index (χ0) is 14.1. The molecule has 0 aromatic heterocycles. The number of rotatable bonds is 9. The molecule has 0 aliphatic heterocycles. The van der Waals surface area contributed by atoms with Crippen molar-refractivity contribution in [1.82, 2.24) is 0 Å². The van der Waals surface area contributed by atoms with E-state index in [1.165, 1.54) is 12.8 Å². The number of hydrogen-bond donors (Lipinski definition) is 0. The van der Waals surface area contributed by atoms with Gasteiger partial charge in [-0.2, -0.15) is 0 Å². The van der Waals surface area contributed by atoms with E-state index in [2.05, 4.69) is 13.5 Å². The first kappa shape index (κ1) is 15.6. The highest BCUT2D eigenvalue weighted by atomic mass is 16.7. The third kappa shape index (κ3) is 5.35. The summed E-state index contributed by atoms with van der Waals surface area (Å²) in [6, 6.07) is 5.85. The lowest BCUT2D eigenvalue weighted by atomic mass is 10.1. The van der Waals surface area contributed by atoms with Crippen LogP contribution in [0.2, 0.25) is 0 Å². The topological polar surface area (TPSA) is 27.7 Å². The molecule has 0 N–H and O–H groups in total. The molecule has 0 unspecified atom stereocenters. The third-order valence-electron chi connectivity index (χ3n) is 2.77. The molecule has 1 aromatic rings. The maximum atomic E-state index is 5.81. The van der Waals surface area contributed by atoms with E-state index in [-0.39, 0.29) is 6.79 Å². The fraction of sp³-hybridized carbons (Fsp3) is 0.500.